The smallest absolute Gasteiger partial charge is 0.240 e. The van der Waals surface area contributed by atoms with Crippen LogP contribution in [0.3, 0.4) is 0 Å². The summed E-state index contributed by atoms with van der Waals surface area (Å²) in [6.45, 7) is 2.47. The number of likely N-dealkylation sites (tertiary alicyclic amines) is 1. The number of hydrogen-bond acceptors (Lipinski definition) is 3. The molecule has 0 spiro atoms. The van der Waals surface area contributed by atoms with E-state index in [-0.39, 0.29) is 24.8 Å². The molecule has 1 heterocycles. The lowest BCUT2D eigenvalue weighted by Gasteiger charge is -2.32. The molecule has 0 saturated carbocycles. The minimum absolute atomic E-state index is 0.150. The van der Waals surface area contributed by atoms with Gasteiger partial charge in [-0.2, -0.15) is 0 Å². The zero-order chi connectivity index (χ0) is 25.5. The third kappa shape index (κ3) is 7.58. The number of unbranched alkanes of at least 4 members (excludes halogenated alkanes) is 3. The van der Waals surface area contributed by atoms with Crippen LogP contribution in [0.15, 0.2) is 47.5 Å². The summed E-state index contributed by atoms with van der Waals surface area (Å²) in [5.74, 6) is -0.322. The van der Waals surface area contributed by atoms with Crippen LogP contribution in [-0.4, -0.2) is 35.7 Å². The van der Waals surface area contributed by atoms with Crippen molar-refractivity contribution < 1.29 is 9.59 Å². The highest BCUT2D eigenvalue weighted by Crippen LogP contribution is 2.28. The van der Waals surface area contributed by atoms with E-state index in [0.717, 1.165) is 36.8 Å². The van der Waals surface area contributed by atoms with Crippen LogP contribution in [0.25, 0.3) is 12.2 Å². The highest BCUT2D eigenvalue weighted by atomic mass is 35.5. The van der Waals surface area contributed by atoms with Gasteiger partial charge in [0.05, 0.1) is 26.1 Å². The molecule has 8 heteroatoms. The van der Waals surface area contributed by atoms with Crippen LogP contribution in [0.2, 0.25) is 20.1 Å². The number of carbonyl (C=O) groups excluding carboxylic acids is 2. The predicted octanol–water partition coefficient (Wildman–Crippen LogP) is 7.48. The van der Waals surface area contributed by atoms with Crippen molar-refractivity contribution in [1.29, 1.82) is 0 Å². The minimum atomic E-state index is -0.613. The van der Waals surface area contributed by atoms with E-state index in [1.807, 2.05) is 0 Å². The Kier molecular flexibility index (Phi) is 10.3. The zero-order valence-corrected chi connectivity index (χ0v) is 22.5. The molecule has 0 unspecified atom stereocenters. The summed E-state index contributed by atoms with van der Waals surface area (Å²) < 4.78 is 0. The van der Waals surface area contributed by atoms with Crippen LogP contribution in [-0.2, 0) is 9.59 Å². The fourth-order valence-electron chi connectivity index (χ4n) is 3.95. The zero-order valence-electron chi connectivity index (χ0n) is 19.5. The average Bonchev–Trinajstić information content (AvgIpc) is 2.83. The summed E-state index contributed by atoms with van der Waals surface area (Å²) in [5, 5.41) is 1.63. The summed E-state index contributed by atoms with van der Waals surface area (Å²) in [5.41, 5.74) is 8.62. The van der Waals surface area contributed by atoms with Gasteiger partial charge in [-0.25, -0.2) is 0 Å². The van der Waals surface area contributed by atoms with E-state index >= 15 is 0 Å². The Morgan fingerprint density at radius 2 is 1.40 bits per heavy atom. The van der Waals surface area contributed by atoms with E-state index in [2.05, 4.69) is 6.92 Å². The van der Waals surface area contributed by atoms with Crippen LogP contribution >= 0.6 is 46.4 Å². The Morgan fingerprint density at radius 3 is 1.86 bits per heavy atom. The fourth-order valence-corrected chi connectivity index (χ4v) is 4.56. The maximum atomic E-state index is 13.4. The number of ketones is 1. The van der Waals surface area contributed by atoms with Crippen LogP contribution in [0.4, 0.5) is 0 Å². The molecule has 2 aromatic carbocycles. The first-order valence-electron chi connectivity index (χ1n) is 11.6. The molecule has 1 saturated heterocycles. The van der Waals surface area contributed by atoms with Gasteiger partial charge in [-0.05, 0) is 54.0 Å². The number of hydrogen-bond donors (Lipinski definition) is 1. The van der Waals surface area contributed by atoms with Gasteiger partial charge >= 0.3 is 0 Å². The number of benzene rings is 2. The normalized spacial score (nSPS) is 17.3. The molecule has 4 nitrogen and oxygen atoms in total. The van der Waals surface area contributed by atoms with Crippen LogP contribution in [0, 0.1) is 0 Å². The van der Waals surface area contributed by atoms with Crippen molar-refractivity contribution in [2.24, 2.45) is 5.73 Å². The van der Waals surface area contributed by atoms with Gasteiger partial charge in [-0.1, -0.05) is 91.1 Å². The second kappa shape index (κ2) is 12.9. The van der Waals surface area contributed by atoms with Crippen molar-refractivity contribution in [1.82, 2.24) is 4.90 Å². The van der Waals surface area contributed by atoms with Crippen molar-refractivity contribution in [3.8, 4) is 0 Å². The highest BCUT2D eigenvalue weighted by molar-refractivity contribution is 6.42. The number of Topliss-reactive ketones (excluding diaryl/α,β-unsaturated/α-hetero) is 1. The molecule has 0 bridgehead atoms. The molecule has 2 N–H and O–H groups in total. The number of halogens is 4. The molecule has 1 atom stereocenters. The maximum Gasteiger partial charge on any atom is 0.240 e. The van der Waals surface area contributed by atoms with Gasteiger partial charge in [0.2, 0.25) is 5.91 Å². The lowest BCUT2D eigenvalue weighted by molar-refractivity contribution is -0.132. The molecule has 0 aliphatic carbocycles. The highest BCUT2D eigenvalue weighted by Gasteiger charge is 2.31. The largest absolute Gasteiger partial charge is 0.332 e. The number of carbonyl (C=O) groups is 2. The van der Waals surface area contributed by atoms with Gasteiger partial charge in [-0.15, -0.1) is 0 Å². The number of piperidine rings is 1. The number of rotatable bonds is 8. The molecule has 1 amide bonds. The van der Waals surface area contributed by atoms with Crippen molar-refractivity contribution in [2.75, 3.05) is 13.1 Å². The molecule has 2 aromatic rings. The monoisotopic (exact) mass is 552 g/mol. The topological polar surface area (TPSA) is 63.4 Å². The first-order chi connectivity index (χ1) is 16.7. The maximum absolute atomic E-state index is 13.4. The predicted molar refractivity (Wildman–Crippen MR) is 147 cm³/mol. The van der Waals surface area contributed by atoms with Gasteiger partial charge in [-0.3, -0.25) is 9.59 Å². The molecule has 1 fully saturated rings. The van der Waals surface area contributed by atoms with Gasteiger partial charge in [0.25, 0.3) is 0 Å². The van der Waals surface area contributed by atoms with E-state index < -0.39 is 6.04 Å². The summed E-state index contributed by atoms with van der Waals surface area (Å²) in [6.07, 6.45) is 8.25. The second-order valence-corrected chi connectivity index (χ2v) is 10.3. The summed E-state index contributed by atoms with van der Waals surface area (Å²) in [7, 11) is 0. The van der Waals surface area contributed by atoms with Gasteiger partial charge in [0.15, 0.2) is 5.78 Å². The second-order valence-electron chi connectivity index (χ2n) is 8.67. The summed E-state index contributed by atoms with van der Waals surface area (Å²) in [4.78, 5) is 28.3. The molecule has 0 aromatic heterocycles. The van der Waals surface area contributed by atoms with Crippen molar-refractivity contribution >= 4 is 70.2 Å². The Hall–Kier alpha value is -1.82. The van der Waals surface area contributed by atoms with Gasteiger partial charge in [0.1, 0.15) is 0 Å². The van der Waals surface area contributed by atoms with Crippen LogP contribution < -0.4 is 5.73 Å². The number of amides is 1. The number of nitrogens with two attached hydrogens (primary N) is 1. The van der Waals surface area contributed by atoms with E-state index in [1.54, 1.807) is 53.5 Å². The molecule has 1 aliphatic heterocycles. The summed E-state index contributed by atoms with van der Waals surface area (Å²) in [6, 6.07) is 9.65. The quantitative estimate of drug-likeness (QED) is 0.272. The molecule has 1 aliphatic rings. The third-order valence-corrected chi connectivity index (χ3v) is 7.35. The van der Waals surface area contributed by atoms with Crippen LogP contribution in [0.1, 0.15) is 50.2 Å². The minimum Gasteiger partial charge on any atom is -0.332 e. The van der Waals surface area contributed by atoms with E-state index in [0.29, 0.717) is 37.7 Å². The average molecular weight is 554 g/mol. The Bertz CT molecular complexity index is 1090. The van der Waals surface area contributed by atoms with Crippen molar-refractivity contribution in [3.63, 3.8) is 0 Å². The Balaban J connectivity index is 1.92. The molecular weight excluding hydrogens is 526 g/mol. The first kappa shape index (κ1) is 27.8. The van der Waals surface area contributed by atoms with Crippen LogP contribution in [0.5, 0.6) is 0 Å². The molecule has 3 rings (SSSR count). The third-order valence-electron chi connectivity index (χ3n) is 5.87. The Labute approximate surface area is 226 Å². The van der Waals surface area contributed by atoms with E-state index in [1.165, 1.54) is 0 Å². The first-order valence-corrected chi connectivity index (χ1v) is 13.1. The van der Waals surface area contributed by atoms with Gasteiger partial charge in [0, 0.05) is 24.2 Å². The Morgan fingerprint density at radius 1 is 0.886 bits per heavy atom. The van der Waals surface area contributed by atoms with E-state index in [9.17, 15) is 9.59 Å². The lowest BCUT2D eigenvalue weighted by atomic mass is 9.93. The molecular formula is C27H28Cl4N2O2. The standard InChI is InChI=1S/C27H28Cl4N2O2/c1-2-3-4-5-6-25(32)27(35)33-15-19(11-17-7-9-21(28)23(30)13-17)26(34)20(16-33)12-18-8-10-22(29)24(31)14-18/h7-14,25H,2-6,15-16,32H2,1H3/b19-11+,20-12+/t25-/m1/s1. The van der Waals surface area contributed by atoms with Gasteiger partial charge < -0.3 is 10.6 Å². The fraction of sp³-hybridized carbons (Fsp3) is 0.333. The molecule has 35 heavy (non-hydrogen) atoms. The number of nitrogens with zero attached hydrogens (tertiary/aromatic N) is 1. The summed E-state index contributed by atoms with van der Waals surface area (Å²) >= 11 is 24.4. The molecule has 186 valence electrons. The SMILES string of the molecule is CCCCCC[C@@H](N)C(=O)N1C/C(=C\c2ccc(Cl)c(Cl)c2)C(=O)/C(=C/c2ccc(Cl)c(Cl)c2)C1. The van der Waals surface area contributed by atoms with Crippen molar-refractivity contribution in [3.05, 3.63) is 78.8 Å². The lowest BCUT2D eigenvalue weighted by Crippen LogP contribution is -2.48. The van der Waals surface area contributed by atoms with Crippen molar-refractivity contribution in [2.45, 2.75) is 45.1 Å². The molecule has 0 radical (unpaired) electrons. The van der Waals surface area contributed by atoms with E-state index in [4.69, 9.17) is 52.1 Å².